The maximum Gasteiger partial charge on any atom is 0.181 e. The van der Waals surface area contributed by atoms with Gasteiger partial charge in [0.05, 0.1) is 5.75 Å². The third-order valence-electron chi connectivity index (χ3n) is 1.66. The van der Waals surface area contributed by atoms with Crippen molar-refractivity contribution in [1.82, 2.24) is 0 Å². The SMILES string of the molecule is CCS(=O)(=O)c1ccc(O)cc1O. The minimum Gasteiger partial charge on any atom is -0.508 e. The maximum absolute atomic E-state index is 11.3. The molecule has 0 saturated heterocycles. The summed E-state index contributed by atoms with van der Waals surface area (Å²) in [6, 6.07) is 3.41. The second-order valence-corrected chi connectivity index (χ2v) is 4.80. The van der Waals surface area contributed by atoms with Crippen molar-refractivity contribution in [2.24, 2.45) is 0 Å². The average Bonchev–Trinajstić information content (AvgIpc) is 2.03. The highest BCUT2D eigenvalue weighted by molar-refractivity contribution is 7.91. The van der Waals surface area contributed by atoms with Crippen LogP contribution >= 0.6 is 0 Å². The van der Waals surface area contributed by atoms with Crippen LogP contribution in [0.2, 0.25) is 0 Å². The van der Waals surface area contributed by atoms with Crippen LogP contribution in [0, 0.1) is 0 Å². The molecule has 0 saturated carbocycles. The molecule has 0 aliphatic heterocycles. The van der Waals surface area contributed by atoms with E-state index in [0.717, 1.165) is 6.07 Å². The first-order valence-corrected chi connectivity index (χ1v) is 5.37. The van der Waals surface area contributed by atoms with Gasteiger partial charge < -0.3 is 10.2 Å². The molecule has 0 bridgehead atoms. The Bertz CT molecular complexity index is 408. The van der Waals surface area contributed by atoms with E-state index in [1.807, 2.05) is 0 Å². The van der Waals surface area contributed by atoms with Gasteiger partial charge in [0.1, 0.15) is 16.4 Å². The van der Waals surface area contributed by atoms with Gasteiger partial charge in [0.15, 0.2) is 9.84 Å². The Kier molecular flexibility index (Phi) is 2.47. The number of aromatic hydroxyl groups is 2. The lowest BCUT2D eigenvalue weighted by Crippen LogP contribution is -2.03. The van der Waals surface area contributed by atoms with Crippen molar-refractivity contribution in [2.75, 3.05) is 5.75 Å². The highest BCUT2D eigenvalue weighted by Crippen LogP contribution is 2.27. The van der Waals surface area contributed by atoms with Crippen molar-refractivity contribution in [3.8, 4) is 11.5 Å². The molecule has 0 unspecified atom stereocenters. The van der Waals surface area contributed by atoms with Crippen LogP contribution in [0.5, 0.6) is 11.5 Å². The summed E-state index contributed by atoms with van der Waals surface area (Å²) < 4.78 is 22.6. The first kappa shape index (κ1) is 9.85. The molecule has 2 N–H and O–H groups in total. The molecule has 5 heteroatoms. The fourth-order valence-corrected chi connectivity index (χ4v) is 1.89. The Hall–Kier alpha value is -1.23. The van der Waals surface area contributed by atoms with Crippen molar-refractivity contribution < 1.29 is 18.6 Å². The minimum absolute atomic E-state index is 0.0780. The standard InChI is InChI=1S/C8H10O4S/c1-2-13(11,12)8-4-3-6(9)5-7(8)10/h3-5,9-10H,2H2,1H3. The second-order valence-electron chi connectivity index (χ2n) is 2.56. The van der Waals surface area contributed by atoms with E-state index in [1.54, 1.807) is 0 Å². The number of rotatable bonds is 2. The number of phenols is 2. The molecule has 0 radical (unpaired) electrons. The predicted molar refractivity (Wildman–Crippen MR) is 47.5 cm³/mol. The summed E-state index contributed by atoms with van der Waals surface area (Å²) >= 11 is 0. The van der Waals surface area contributed by atoms with E-state index in [-0.39, 0.29) is 16.4 Å². The maximum atomic E-state index is 11.3. The van der Waals surface area contributed by atoms with Crippen LogP contribution in [0.4, 0.5) is 0 Å². The molecule has 1 aromatic rings. The molecule has 0 atom stereocenters. The lowest BCUT2D eigenvalue weighted by atomic mass is 10.3. The molecule has 0 spiro atoms. The molecule has 72 valence electrons. The van der Waals surface area contributed by atoms with E-state index in [0.29, 0.717) is 0 Å². The molecule has 0 heterocycles. The molecule has 4 nitrogen and oxygen atoms in total. The van der Waals surface area contributed by atoms with Crippen LogP contribution in [0.1, 0.15) is 6.92 Å². The fourth-order valence-electron chi connectivity index (χ4n) is 0.924. The van der Waals surface area contributed by atoms with E-state index in [9.17, 15) is 13.5 Å². The number of hydrogen-bond donors (Lipinski definition) is 2. The quantitative estimate of drug-likeness (QED) is 0.746. The first-order chi connectivity index (χ1) is 5.97. The molecular weight excluding hydrogens is 192 g/mol. The van der Waals surface area contributed by atoms with Gasteiger partial charge in [-0.2, -0.15) is 0 Å². The highest BCUT2D eigenvalue weighted by atomic mass is 32.2. The molecule has 0 fully saturated rings. The zero-order valence-corrected chi connectivity index (χ0v) is 7.87. The Morgan fingerprint density at radius 3 is 2.38 bits per heavy atom. The monoisotopic (exact) mass is 202 g/mol. The van der Waals surface area contributed by atoms with E-state index < -0.39 is 15.6 Å². The molecule has 13 heavy (non-hydrogen) atoms. The Labute approximate surface area is 76.4 Å². The molecule has 1 aromatic carbocycles. The van der Waals surface area contributed by atoms with Gasteiger partial charge in [-0.25, -0.2) is 8.42 Å². The summed E-state index contributed by atoms with van der Waals surface area (Å²) in [5.74, 6) is -0.653. The van der Waals surface area contributed by atoms with Crippen LogP contribution in [0.3, 0.4) is 0 Å². The summed E-state index contributed by atoms with van der Waals surface area (Å²) in [7, 11) is -3.41. The van der Waals surface area contributed by atoms with Crippen molar-refractivity contribution in [3.05, 3.63) is 18.2 Å². The second kappa shape index (κ2) is 3.26. The lowest BCUT2D eigenvalue weighted by molar-refractivity contribution is 0.439. The predicted octanol–water partition coefficient (Wildman–Crippen LogP) is 0.891. The topological polar surface area (TPSA) is 74.6 Å². The van der Waals surface area contributed by atoms with Crippen molar-refractivity contribution in [2.45, 2.75) is 11.8 Å². The number of hydrogen-bond acceptors (Lipinski definition) is 4. The van der Waals surface area contributed by atoms with E-state index >= 15 is 0 Å². The van der Waals surface area contributed by atoms with Gasteiger partial charge >= 0.3 is 0 Å². The van der Waals surface area contributed by atoms with Gasteiger partial charge in [0.2, 0.25) is 0 Å². The van der Waals surface area contributed by atoms with E-state index in [4.69, 9.17) is 5.11 Å². The molecule has 0 aromatic heterocycles. The van der Waals surface area contributed by atoms with Crippen LogP contribution < -0.4 is 0 Å². The number of phenolic OH excluding ortho intramolecular Hbond substituents is 2. The molecular formula is C8H10O4S. The summed E-state index contributed by atoms with van der Waals surface area (Å²) in [6.45, 7) is 1.49. The van der Waals surface area contributed by atoms with E-state index in [2.05, 4.69) is 0 Å². The van der Waals surface area contributed by atoms with Gasteiger partial charge in [0, 0.05) is 6.07 Å². The van der Waals surface area contributed by atoms with Gasteiger partial charge in [-0.05, 0) is 12.1 Å². The third kappa shape index (κ3) is 1.92. The largest absolute Gasteiger partial charge is 0.508 e. The smallest absolute Gasteiger partial charge is 0.181 e. The van der Waals surface area contributed by atoms with Gasteiger partial charge in [0.25, 0.3) is 0 Å². The minimum atomic E-state index is -3.41. The molecule has 1 rings (SSSR count). The average molecular weight is 202 g/mol. The van der Waals surface area contributed by atoms with Gasteiger partial charge in [-0.1, -0.05) is 6.92 Å². The van der Waals surface area contributed by atoms with Gasteiger partial charge in [-0.3, -0.25) is 0 Å². The summed E-state index contributed by atoms with van der Waals surface area (Å²) in [6.07, 6.45) is 0. The Morgan fingerprint density at radius 2 is 1.92 bits per heavy atom. The zero-order valence-electron chi connectivity index (χ0n) is 7.06. The van der Waals surface area contributed by atoms with Crippen LogP contribution in [-0.4, -0.2) is 24.4 Å². The summed E-state index contributed by atoms with van der Waals surface area (Å²) in [4.78, 5) is -0.146. The number of sulfone groups is 1. The van der Waals surface area contributed by atoms with Crippen LogP contribution in [0.15, 0.2) is 23.1 Å². The normalized spacial score (nSPS) is 11.5. The van der Waals surface area contributed by atoms with Crippen molar-refractivity contribution in [1.29, 1.82) is 0 Å². The molecule has 0 amide bonds. The van der Waals surface area contributed by atoms with Crippen molar-refractivity contribution >= 4 is 9.84 Å². The van der Waals surface area contributed by atoms with Crippen LogP contribution in [-0.2, 0) is 9.84 Å². The molecule has 0 aliphatic carbocycles. The van der Waals surface area contributed by atoms with Gasteiger partial charge in [-0.15, -0.1) is 0 Å². The Balaban J connectivity index is 3.33. The summed E-state index contributed by atoms with van der Waals surface area (Å²) in [5.41, 5.74) is 0. The molecule has 0 aliphatic rings. The lowest BCUT2D eigenvalue weighted by Gasteiger charge is -2.03. The highest BCUT2D eigenvalue weighted by Gasteiger charge is 2.16. The summed E-state index contributed by atoms with van der Waals surface area (Å²) in [5, 5.41) is 18.1. The Morgan fingerprint density at radius 1 is 1.31 bits per heavy atom. The fraction of sp³-hybridized carbons (Fsp3) is 0.250. The first-order valence-electron chi connectivity index (χ1n) is 3.72. The van der Waals surface area contributed by atoms with E-state index in [1.165, 1.54) is 19.1 Å². The van der Waals surface area contributed by atoms with Crippen LogP contribution in [0.25, 0.3) is 0 Å². The number of benzene rings is 1. The third-order valence-corrected chi connectivity index (χ3v) is 3.43. The van der Waals surface area contributed by atoms with Crippen molar-refractivity contribution in [3.63, 3.8) is 0 Å². The zero-order chi connectivity index (χ0) is 10.1.